The van der Waals surface area contributed by atoms with Gasteiger partial charge in [-0.2, -0.15) is 6.08 Å². The Bertz CT molecular complexity index is 132. The molecule has 1 unspecified atom stereocenters. The Morgan fingerprint density at radius 1 is 1.38 bits per heavy atom. The van der Waals surface area contributed by atoms with Gasteiger partial charge in [-0.25, -0.2) is 12.2 Å². The van der Waals surface area contributed by atoms with Crippen molar-refractivity contribution in [3.05, 3.63) is 30.0 Å². The van der Waals surface area contributed by atoms with Crippen LogP contribution in [-0.2, 0) is 26.2 Å². The molecule has 0 aliphatic heterocycles. The maximum absolute atomic E-state index is 6.83. The van der Waals surface area contributed by atoms with Crippen molar-refractivity contribution in [3.63, 3.8) is 0 Å². The number of nitrogens with one attached hydrogen (secondary N) is 1. The summed E-state index contributed by atoms with van der Waals surface area (Å²) in [4.78, 5) is 0. The first-order valence-corrected chi connectivity index (χ1v) is 7.16. The number of hydrogen-bond donors (Lipinski definition) is 0. The second-order valence-corrected chi connectivity index (χ2v) is 4.04. The molecular formula is C11H22Cl2NSiZr. The van der Waals surface area contributed by atoms with Gasteiger partial charge in [0.2, 0.25) is 0 Å². The fourth-order valence-corrected chi connectivity index (χ4v) is 0.340. The fourth-order valence-electron chi connectivity index (χ4n) is 0.340. The molecule has 1 atom stereocenters. The third kappa shape index (κ3) is 45.7. The summed E-state index contributed by atoms with van der Waals surface area (Å²) in [5, 5.41) is 0. The van der Waals surface area contributed by atoms with Gasteiger partial charge in [0.15, 0.2) is 0 Å². The SMILES string of the molecule is CCC(C)[NH-].C[SiH]C.[C-]1=CC=CC1.[Cl-].[Cl-].[Zr+4]. The zero-order valence-electron chi connectivity index (χ0n) is 10.6. The van der Waals surface area contributed by atoms with Gasteiger partial charge < -0.3 is 30.5 Å². The molecule has 0 saturated heterocycles. The van der Waals surface area contributed by atoms with Crippen molar-refractivity contribution in [1.29, 1.82) is 0 Å². The second-order valence-electron chi connectivity index (χ2n) is 2.89. The van der Waals surface area contributed by atoms with E-state index >= 15 is 0 Å². The summed E-state index contributed by atoms with van der Waals surface area (Å²) in [6.07, 6.45) is 11.0. The van der Waals surface area contributed by atoms with Crippen molar-refractivity contribution < 1.29 is 51.0 Å². The number of halogens is 2. The summed E-state index contributed by atoms with van der Waals surface area (Å²) in [6, 6.07) is 0.134. The monoisotopic (exact) mass is 356 g/mol. The molecule has 0 aromatic rings. The van der Waals surface area contributed by atoms with E-state index in [1.165, 1.54) is 0 Å². The van der Waals surface area contributed by atoms with Crippen LogP contribution < -0.4 is 24.8 Å². The van der Waals surface area contributed by atoms with Crippen molar-refractivity contribution >= 4 is 9.52 Å². The fraction of sp³-hybridized carbons (Fsp3) is 0.636. The summed E-state index contributed by atoms with van der Waals surface area (Å²) < 4.78 is 0. The van der Waals surface area contributed by atoms with Crippen LogP contribution in [0.5, 0.6) is 0 Å². The Balaban J connectivity index is -0.0000000356. The van der Waals surface area contributed by atoms with E-state index in [1.807, 2.05) is 26.0 Å². The van der Waals surface area contributed by atoms with Gasteiger partial charge in [0.25, 0.3) is 0 Å². The normalized spacial score (nSPS) is 11.3. The first kappa shape index (κ1) is 30.3. The van der Waals surface area contributed by atoms with Crippen LogP contribution in [-0.4, -0.2) is 15.6 Å². The van der Waals surface area contributed by atoms with Gasteiger partial charge in [-0.05, 0) is 0 Å². The van der Waals surface area contributed by atoms with E-state index < -0.39 is 0 Å². The largest absolute Gasteiger partial charge is 4.00 e. The number of rotatable bonds is 1. The smallest absolute Gasteiger partial charge is 1.00 e. The van der Waals surface area contributed by atoms with E-state index in [2.05, 4.69) is 25.2 Å². The topological polar surface area (TPSA) is 23.8 Å². The maximum atomic E-state index is 6.83. The van der Waals surface area contributed by atoms with Crippen LogP contribution in [0.15, 0.2) is 18.2 Å². The molecule has 0 amide bonds. The molecule has 0 aromatic heterocycles. The van der Waals surface area contributed by atoms with E-state index in [9.17, 15) is 0 Å². The predicted octanol–water partition coefficient (Wildman–Crippen LogP) is -2.33. The summed E-state index contributed by atoms with van der Waals surface area (Å²) in [5.41, 5.74) is 6.83. The molecule has 0 saturated carbocycles. The Kier molecular flexibility index (Phi) is 56.4. The molecule has 16 heavy (non-hydrogen) atoms. The van der Waals surface area contributed by atoms with Crippen molar-refractivity contribution in [2.24, 2.45) is 0 Å². The summed E-state index contributed by atoms with van der Waals surface area (Å²) in [5.74, 6) is 0. The summed E-state index contributed by atoms with van der Waals surface area (Å²) in [6.45, 7) is 8.32. The molecular weight excluding hydrogens is 336 g/mol. The molecule has 5 heteroatoms. The van der Waals surface area contributed by atoms with Crippen molar-refractivity contribution in [2.45, 2.75) is 45.8 Å². The van der Waals surface area contributed by atoms with Crippen molar-refractivity contribution in [2.75, 3.05) is 0 Å². The Morgan fingerprint density at radius 3 is 1.81 bits per heavy atom. The number of allylic oxidation sites excluding steroid dienone is 4. The van der Waals surface area contributed by atoms with Crippen molar-refractivity contribution in [1.82, 2.24) is 0 Å². The average molecular weight is 359 g/mol. The average Bonchev–Trinajstić information content (AvgIpc) is 2.62. The minimum Gasteiger partial charge on any atom is -1.00 e. The molecule has 0 spiro atoms. The molecule has 0 aromatic carbocycles. The predicted molar refractivity (Wildman–Crippen MR) is 64.5 cm³/mol. The van der Waals surface area contributed by atoms with E-state index in [4.69, 9.17) is 5.73 Å². The van der Waals surface area contributed by atoms with Gasteiger partial charge in [-0.15, -0.1) is 12.5 Å². The molecule has 1 aliphatic carbocycles. The van der Waals surface area contributed by atoms with Gasteiger partial charge in [-0.1, -0.05) is 33.4 Å². The van der Waals surface area contributed by atoms with Gasteiger partial charge in [0.05, 0.1) is 0 Å². The van der Waals surface area contributed by atoms with Crippen LogP contribution in [0.2, 0.25) is 13.1 Å². The Morgan fingerprint density at radius 2 is 1.75 bits per heavy atom. The molecule has 1 rings (SSSR count). The summed E-state index contributed by atoms with van der Waals surface area (Å²) >= 11 is 0. The molecule has 1 aliphatic rings. The third-order valence-electron chi connectivity index (χ3n) is 1.20. The quantitative estimate of drug-likeness (QED) is 0.371. The minimum atomic E-state index is 0. The van der Waals surface area contributed by atoms with Gasteiger partial charge >= 0.3 is 26.2 Å². The Labute approximate surface area is 135 Å². The third-order valence-corrected chi connectivity index (χ3v) is 1.20. The van der Waals surface area contributed by atoms with Crippen LogP contribution in [0.3, 0.4) is 0 Å². The van der Waals surface area contributed by atoms with E-state index in [-0.39, 0.29) is 57.1 Å². The van der Waals surface area contributed by atoms with Crippen molar-refractivity contribution in [3.8, 4) is 0 Å². The maximum Gasteiger partial charge on any atom is 4.00 e. The molecule has 1 N–H and O–H groups in total. The van der Waals surface area contributed by atoms with Gasteiger partial charge in [-0.3, -0.25) is 6.08 Å². The first-order chi connectivity index (χ1) is 6.18. The van der Waals surface area contributed by atoms with Gasteiger partial charge in [0.1, 0.15) is 0 Å². The molecule has 0 bridgehead atoms. The molecule has 1 nitrogen and oxygen atoms in total. The van der Waals surface area contributed by atoms with E-state index in [0.29, 0.717) is 0 Å². The second kappa shape index (κ2) is 29.8. The summed E-state index contributed by atoms with van der Waals surface area (Å²) in [7, 11) is 0.750. The molecule has 0 fully saturated rings. The van der Waals surface area contributed by atoms with E-state index in [1.54, 1.807) is 0 Å². The zero-order valence-corrected chi connectivity index (χ0v) is 15.7. The first-order valence-electron chi connectivity index (χ1n) is 4.85. The van der Waals surface area contributed by atoms with Crippen LogP contribution in [0.25, 0.3) is 5.73 Å². The van der Waals surface area contributed by atoms with Crippen LogP contribution in [0.4, 0.5) is 0 Å². The minimum absolute atomic E-state index is 0. The number of hydrogen-bond acceptors (Lipinski definition) is 0. The van der Waals surface area contributed by atoms with Crippen LogP contribution >= 0.6 is 0 Å². The standard InChI is InChI=1S/C5H5.C4H10N.C2H7Si.2ClH.Zr/c1-2-4-5-3-1;1-3-4(2)5;1-3-2;;;/h1-3H,4H2;4-5H,3H2,1-2H3;3H,1-2H3;2*1H;/q2*-1;;;;+4/p-2. The molecule has 1 radical (unpaired) electrons. The zero-order chi connectivity index (χ0) is 10.5. The Hall–Kier alpha value is 1.12. The van der Waals surface area contributed by atoms with Crippen LogP contribution in [0, 0.1) is 6.08 Å². The molecule has 0 heterocycles. The molecule has 93 valence electrons. The van der Waals surface area contributed by atoms with Crippen LogP contribution in [0.1, 0.15) is 26.7 Å². The van der Waals surface area contributed by atoms with E-state index in [0.717, 1.165) is 22.4 Å². The van der Waals surface area contributed by atoms with Gasteiger partial charge in [0, 0.05) is 9.52 Å².